The molecule has 1 amide bonds. The highest BCUT2D eigenvalue weighted by Gasteiger charge is 2.31. The van der Waals surface area contributed by atoms with E-state index in [1.807, 2.05) is 11.0 Å². The number of para-hydroxylation sites is 1. The molecule has 4 nitrogen and oxygen atoms in total. The molecule has 1 aromatic carbocycles. The SMILES string of the molecule is CC(C)CN1CCN(C(C)C(=O)N2CCCc3ccccc32)CC1. The van der Waals surface area contributed by atoms with Crippen LogP contribution in [0.3, 0.4) is 0 Å². The standard InChI is InChI=1S/C20H31N3O/c1-16(2)15-21-11-13-22(14-12-21)17(3)20(24)23-10-6-8-18-7-4-5-9-19(18)23/h4-5,7,9,16-17H,6,8,10-15H2,1-3H3. The molecule has 0 radical (unpaired) electrons. The lowest BCUT2D eigenvalue weighted by Crippen LogP contribution is -2.55. The summed E-state index contributed by atoms with van der Waals surface area (Å²) in [6, 6.07) is 8.34. The number of anilines is 1. The largest absolute Gasteiger partial charge is 0.311 e. The minimum atomic E-state index is -0.0302. The van der Waals surface area contributed by atoms with E-state index in [1.54, 1.807) is 0 Å². The second-order valence-electron chi connectivity index (χ2n) is 7.63. The van der Waals surface area contributed by atoms with Gasteiger partial charge in [0.05, 0.1) is 6.04 Å². The second kappa shape index (κ2) is 7.66. The Morgan fingerprint density at radius 1 is 1.04 bits per heavy atom. The first-order valence-electron chi connectivity index (χ1n) is 9.42. The molecule has 1 saturated heterocycles. The summed E-state index contributed by atoms with van der Waals surface area (Å²) < 4.78 is 0. The highest BCUT2D eigenvalue weighted by Crippen LogP contribution is 2.27. The minimum absolute atomic E-state index is 0.0302. The summed E-state index contributed by atoms with van der Waals surface area (Å²) in [4.78, 5) is 20.0. The molecule has 1 aromatic rings. The van der Waals surface area contributed by atoms with Crippen molar-refractivity contribution in [1.29, 1.82) is 0 Å². The van der Waals surface area contributed by atoms with Gasteiger partial charge >= 0.3 is 0 Å². The van der Waals surface area contributed by atoms with Crippen molar-refractivity contribution in [1.82, 2.24) is 9.80 Å². The van der Waals surface area contributed by atoms with Gasteiger partial charge in [0.15, 0.2) is 0 Å². The molecule has 132 valence electrons. The average molecular weight is 329 g/mol. The van der Waals surface area contributed by atoms with E-state index >= 15 is 0 Å². The Balaban J connectivity index is 1.62. The summed E-state index contributed by atoms with van der Waals surface area (Å²) in [5.74, 6) is 0.972. The summed E-state index contributed by atoms with van der Waals surface area (Å²) in [5.41, 5.74) is 2.44. The minimum Gasteiger partial charge on any atom is -0.311 e. The lowest BCUT2D eigenvalue weighted by Gasteiger charge is -2.40. The normalized spacial score (nSPS) is 20.9. The van der Waals surface area contributed by atoms with E-state index in [4.69, 9.17) is 0 Å². The van der Waals surface area contributed by atoms with Crippen LogP contribution in [-0.2, 0) is 11.2 Å². The van der Waals surface area contributed by atoms with E-state index in [0.29, 0.717) is 5.92 Å². The third-order valence-corrected chi connectivity index (χ3v) is 5.31. The highest BCUT2D eigenvalue weighted by molar-refractivity contribution is 5.98. The molecule has 4 heteroatoms. The van der Waals surface area contributed by atoms with Crippen molar-refractivity contribution in [3.8, 4) is 0 Å². The number of piperazine rings is 1. The molecule has 0 aliphatic carbocycles. The first-order valence-corrected chi connectivity index (χ1v) is 9.42. The Bertz CT molecular complexity index is 564. The van der Waals surface area contributed by atoms with Crippen molar-refractivity contribution in [2.75, 3.05) is 44.2 Å². The van der Waals surface area contributed by atoms with Gasteiger partial charge in [-0.25, -0.2) is 0 Å². The van der Waals surface area contributed by atoms with E-state index < -0.39 is 0 Å². The van der Waals surface area contributed by atoms with Gasteiger partial charge in [-0.2, -0.15) is 0 Å². The van der Waals surface area contributed by atoms with Crippen LogP contribution in [0.5, 0.6) is 0 Å². The van der Waals surface area contributed by atoms with Crippen LogP contribution in [0, 0.1) is 5.92 Å². The smallest absolute Gasteiger partial charge is 0.244 e. The Morgan fingerprint density at radius 3 is 2.46 bits per heavy atom. The third kappa shape index (κ3) is 3.81. The van der Waals surface area contributed by atoms with E-state index in [-0.39, 0.29) is 11.9 Å². The van der Waals surface area contributed by atoms with Gasteiger partial charge in [-0.15, -0.1) is 0 Å². The van der Waals surface area contributed by atoms with Crippen molar-refractivity contribution in [3.05, 3.63) is 29.8 Å². The summed E-state index contributed by atoms with van der Waals surface area (Å²) in [6.07, 6.45) is 2.15. The van der Waals surface area contributed by atoms with Crippen molar-refractivity contribution >= 4 is 11.6 Å². The first-order chi connectivity index (χ1) is 11.6. The third-order valence-electron chi connectivity index (χ3n) is 5.31. The number of benzene rings is 1. The van der Waals surface area contributed by atoms with Gasteiger partial charge in [0.25, 0.3) is 0 Å². The van der Waals surface area contributed by atoms with Gasteiger partial charge in [-0.3, -0.25) is 9.69 Å². The number of nitrogens with zero attached hydrogens (tertiary/aromatic N) is 3. The summed E-state index contributed by atoms with van der Waals surface area (Å²) in [5, 5.41) is 0. The van der Waals surface area contributed by atoms with Crippen molar-refractivity contribution < 1.29 is 4.79 Å². The summed E-state index contributed by atoms with van der Waals surface area (Å²) >= 11 is 0. The van der Waals surface area contributed by atoms with E-state index in [1.165, 1.54) is 5.56 Å². The maximum absolute atomic E-state index is 13.1. The zero-order valence-corrected chi connectivity index (χ0v) is 15.4. The molecule has 0 spiro atoms. The van der Waals surface area contributed by atoms with Gasteiger partial charge in [0, 0.05) is 45.0 Å². The van der Waals surface area contributed by atoms with Crippen molar-refractivity contribution in [2.45, 2.75) is 39.7 Å². The fraction of sp³-hybridized carbons (Fsp3) is 0.650. The zero-order valence-electron chi connectivity index (χ0n) is 15.4. The Labute approximate surface area is 146 Å². The number of carbonyl (C=O) groups excluding carboxylic acids is 1. The number of carbonyl (C=O) groups is 1. The van der Waals surface area contributed by atoms with E-state index in [0.717, 1.165) is 57.8 Å². The van der Waals surface area contributed by atoms with Crippen LogP contribution in [0.2, 0.25) is 0 Å². The number of rotatable bonds is 4. The molecule has 0 aromatic heterocycles. The van der Waals surface area contributed by atoms with Crippen LogP contribution in [0.1, 0.15) is 32.8 Å². The fourth-order valence-corrected chi connectivity index (χ4v) is 3.99. The molecule has 2 heterocycles. The quantitative estimate of drug-likeness (QED) is 0.850. The van der Waals surface area contributed by atoms with Gasteiger partial charge in [-0.1, -0.05) is 32.0 Å². The van der Waals surface area contributed by atoms with Crippen LogP contribution in [0.15, 0.2) is 24.3 Å². The van der Waals surface area contributed by atoms with Crippen molar-refractivity contribution in [2.24, 2.45) is 5.92 Å². The van der Waals surface area contributed by atoms with E-state index in [2.05, 4.69) is 48.8 Å². The van der Waals surface area contributed by atoms with Crippen LogP contribution >= 0.6 is 0 Å². The van der Waals surface area contributed by atoms with Gasteiger partial charge in [0.2, 0.25) is 5.91 Å². The monoisotopic (exact) mass is 329 g/mol. The topological polar surface area (TPSA) is 26.8 Å². The lowest BCUT2D eigenvalue weighted by atomic mass is 10.0. The van der Waals surface area contributed by atoms with Gasteiger partial charge < -0.3 is 9.80 Å². The number of hydrogen-bond acceptors (Lipinski definition) is 3. The maximum atomic E-state index is 13.1. The van der Waals surface area contributed by atoms with Crippen LogP contribution < -0.4 is 4.90 Å². The predicted octanol–water partition coefficient (Wildman–Crippen LogP) is 2.63. The second-order valence-corrected chi connectivity index (χ2v) is 7.63. The van der Waals surface area contributed by atoms with Gasteiger partial charge in [0.1, 0.15) is 0 Å². The highest BCUT2D eigenvalue weighted by atomic mass is 16.2. The van der Waals surface area contributed by atoms with E-state index in [9.17, 15) is 4.79 Å². The molecule has 0 bridgehead atoms. The molecular formula is C20H31N3O. The Morgan fingerprint density at radius 2 is 1.75 bits per heavy atom. The molecule has 1 atom stereocenters. The molecule has 2 aliphatic heterocycles. The van der Waals surface area contributed by atoms with Crippen LogP contribution in [-0.4, -0.2) is 61.0 Å². The summed E-state index contributed by atoms with van der Waals surface area (Å²) in [7, 11) is 0. The molecule has 1 unspecified atom stereocenters. The molecule has 3 rings (SSSR count). The fourth-order valence-electron chi connectivity index (χ4n) is 3.99. The molecule has 0 N–H and O–H groups in total. The number of aryl methyl sites for hydroxylation is 1. The molecule has 24 heavy (non-hydrogen) atoms. The molecule has 2 aliphatic rings. The molecule has 0 saturated carbocycles. The zero-order chi connectivity index (χ0) is 17.1. The van der Waals surface area contributed by atoms with Crippen LogP contribution in [0.25, 0.3) is 0 Å². The average Bonchev–Trinajstić information content (AvgIpc) is 2.60. The summed E-state index contributed by atoms with van der Waals surface area (Å²) in [6.45, 7) is 12.8. The van der Waals surface area contributed by atoms with Gasteiger partial charge in [-0.05, 0) is 37.3 Å². The lowest BCUT2D eigenvalue weighted by molar-refractivity contribution is -0.124. The molecule has 1 fully saturated rings. The van der Waals surface area contributed by atoms with Crippen LogP contribution in [0.4, 0.5) is 5.69 Å². The first kappa shape index (κ1) is 17.4. The molecular weight excluding hydrogens is 298 g/mol. The number of amides is 1. The maximum Gasteiger partial charge on any atom is 0.244 e. The Kier molecular flexibility index (Phi) is 5.57. The number of hydrogen-bond donors (Lipinski definition) is 0. The van der Waals surface area contributed by atoms with Crippen molar-refractivity contribution in [3.63, 3.8) is 0 Å². The predicted molar refractivity (Wildman–Crippen MR) is 99.4 cm³/mol. The Hall–Kier alpha value is -1.39. The number of fused-ring (bicyclic) bond motifs is 1.